The second-order valence-electron chi connectivity index (χ2n) is 4.15. The lowest BCUT2D eigenvalue weighted by molar-refractivity contribution is 0.175. The third kappa shape index (κ3) is 5.43. The molecule has 0 atom stereocenters. The predicted molar refractivity (Wildman–Crippen MR) is 83.3 cm³/mol. The van der Waals surface area contributed by atoms with Crippen LogP contribution >= 0.6 is 19.2 Å². The molecule has 0 aromatic heterocycles. The molecule has 0 spiro atoms. The number of rotatable bonds is 8. The van der Waals surface area contributed by atoms with E-state index in [4.69, 9.17) is 25.4 Å². The smallest absolute Gasteiger partial charge is 0.415 e. The molecule has 0 aliphatic rings. The number of hydrogen-bond acceptors (Lipinski definition) is 4. The summed E-state index contributed by atoms with van der Waals surface area (Å²) in [6.07, 6.45) is -0.163. The fourth-order valence-corrected chi connectivity index (χ4v) is 3.08. The zero-order chi connectivity index (χ0) is 15.0. The van der Waals surface area contributed by atoms with Crippen LogP contribution in [0.2, 0.25) is 0 Å². The Bertz CT molecular complexity index is 531. The molecule has 4 nitrogen and oxygen atoms in total. The molecule has 0 heterocycles. The van der Waals surface area contributed by atoms with Gasteiger partial charge in [-0.1, -0.05) is 36.4 Å². The van der Waals surface area contributed by atoms with Crippen molar-refractivity contribution in [3.05, 3.63) is 60.7 Å². The van der Waals surface area contributed by atoms with Gasteiger partial charge in [0.15, 0.2) is 6.35 Å². The summed E-state index contributed by atoms with van der Waals surface area (Å²) in [5, 5.41) is 0. The minimum atomic E-state index is -3.47. The van der Waals surface area contributed by atoms with E-state index in [1.807, 2.05) is 12.1 Å². The number of benzene rings is 2. The van der Waals surface area contributed by atoms with Gasteiger partial charge in [-0.25, -0.2) is 4.57 Å². The van der Waals surface area contributed by atoms with Crippen LogP contribution in [0.25, 0.3) is 0 Å². The lowest BCUT2D eigenvalue weighted by Gasteiger charge is -2.19. The summed E-state index contributed by atoms with van der Waals surface area (Å²) >= 11 is 5.55. The molecule has 21 heavy (non-hydrogen) atoms. The second-order valence-corrected chi connectivity index (χ2v) is 6.37. The average molecular weight is 327 g/mol. The molecule has 0 N–H and O–H groups in total. The van der Waals surface area contributed by atoms with Gasteiger partial charge in [-0.05, 0) is 24.3 Å². The number of alkyl halides is 1. The molecular formula is C15H16ClO4P. The first-order valence-corrected chi connectivity index (χ1v) is 8.70. The highest BCUT2D eigenvalue weighted by molar-refractivity contribution is 7.54. The number of hydrogen-bond donors (Lipinski definition) is 0. The Labute approximate surface area is 129 Å². The van der Waals surface area contributed by atoms with Gasteiger partial charge in [0.2, 0.25) is 0 Å². The van der Waals surface area contributed by atoms with Gasteiger partial charge in [0.1, 0.15) is 11.5 Å². The van der Waals surface area contributed by atoms with Gasteiger partial charge < -0.3 is 13.8 Å². The molecule has 112 valence electrons. The van der Waals surface area contributed by atoms with Crippen molar-refractivity contribution in [1.82, 2.24) is 0 Å². The molecule has 0 amide bonds. The molecule has 0 aliphatic heterocycles. The molecule has 0 unspecified atom stereocenters. The summed E-state index contributed by atoms with van der Waals surface area (Å²) in [6.45, 7) is 0.280. The highest BCUT2D eigenvalue weighted by atomic mass is 35.5. The lowest BCUT2D eigenvalue weighted by Crippen LogP contribution is -2.09. The molecule has 0 bridgehead atoms. The van der Waals surface area contributed by atoms with Gasteiger partial charge in [-0.15, -0.1) is 11.6 Å². The maximum Gasteiger partial charge on any atom is 0.456 e. The Kier molecular flexibility index (Phi) is 6.12. The second kappa shape index (κ2) is 8.08. The van der Waals surface area contributed by atoms with E-state index in [1.165, 1.54) is 0 Å². The molecule has 0 radical (unpaired) electrons. The molecule has 2 aromatic rings. The lowest BCUT2D eigenvalue weighted by atomic mass is 10.3. The Morgan fingerprint density at radius 1 is 0.857 bits per heavy atom. The van der Waals surface area contributed by atoms with Crippen molar-refractivity contribution in [1.29, 1.82) is 0 Å². The maximum atomic E-state index is 12.8. The third-order valence-electron chi connectivity index (χ3n) is 2.45. The fourth-order valence-electron chi connectivity index (χ4n) is 1.59. The molecule has 6 heteroatoms. The van der Waals surface area contributed by atoms with Crippen LogP contribution in [0, 0.1) is 0 Å². The van der Waals surface area contributed by atoms with E-state index in [9.17, 15) is 4.57 Å². The van der Waals surface area contributed by atoms with E-state index >= 15 is 0 Å². The van der Waals surface area contributed by atoms with E-state index in [1.54, 1.807) is 48.5 Å². The van der Waals surface area contributed by atoms with Crippen molar-refractivity contribution < 1.29 is 18.3 Å². The highest BCUT2D eigenvalue weighted by Crippen LogP contribution is 2.48. The van der Waals surface area contributed by atoms with Crippen LogP contribution < -0.4 is 9.05 Å². The van der Waals surface area contributed by atoms with Crippen LogP contribution in [-0.2, 0) is 9.30 Å². The van der Waals surface area contributed by atoms with Crippen LogP contribution in [0.3, 0.4) is 0 Å². The van der Waals surface area contributed by atoms with E-state index in [0.29, 0.717) is 17.4 Å². The topological polar surface area (TPSA) is 44.8 Å². The largest absolute Gasteiger partial charge is 0.456 e. The molecule has 0 saturated heterocycles. The van der Waals surface area contributed by atoms with Gasteiger partial charge in [0, 0.05) is 5.88 Å². The molecule has 0 saturated carbocycles. The molecule has 2 aromatic carbocycles. The first-order chi connectivity index (χ1) is 10.2. The van der Waals surface area contributed by atoms with Gasteiger partial charge in [-0.3, -0.25) is 0 Å². The summed E-state index contributed by atoms with van der Waals surface area (Å²) < 4.78 is 29.1. The first kappa shape index (κ1) is 15.9. The van der Waals surface area contributed by atoms with Crippen LogP contribution in [0.5, 0.6) is 11.5 Å². The number of ether oxygens (including phenoxy) is 1. The first-order valence-electron chi connectivity index (χ1n) is 6.44. The normalized spacial score (nSPS) is 11.1. The monoisotopic (exact) mass is 326 g/mol. The minimum Gasteiger partial charge on any atom is -0.415 e. The Hall–Kier alpha value is -1.48. The zero-order valence-corrected chi connectivity index (χ0v) is 13.0. The van der Waals surface area contributed by atoms with Crippen molar-refractivity contribution >= 4 is 19.2 Å². The standard InChI is InChI=1S/C15H16ClO4P/c16-11-12-18-13-21(17,19-14-7-3-1-4-8-14)20-15-9-5-2-6-10-15/h1-10H,11-13H2. The van der Waals surface area contributed by atoms with E-state index in [2.05, 4.69) is 0 Å². The minimum absolute atomic E-state index is 0.163. The van der Waals surface area contributed by atoms with E-state index in [-0.39, 0.29) is 13.0 Å². The Morgan fingerprint density at radius 3 is 1.76 bits per heavy atom. The molecule has 2 rings (SSSR count). The summed E-state index contributed by atoms with van der Waals surface area (Å²) in [4.78, 5) is 0. The highest BCUT2D eigenvalue weighted by Gasteiger charge is 2.28. The van der Waals surface area contributed by atoms with Crippen LogP contribution in [-0.4, -0.2) is 18.8 Å². The van der Waals surface area contributed by atoms with Crippen LogP contribution in [0.15, 0.2) is 60.7 Å². The molecule has 0 fully saturated rings. The van der Waals surface area contributed by atoms with Gasteiger partial charge in [-0.2, -0.15) is 0 Å². The number of halogens is 1. The van der Waals surface area contributed by atoms with Crippen LogP contribution in [0.4, 0.5) is 0 Å². The third-order valence-corrected chi connectivity index (χ3v) is 4.08. The average Bonchev–Trinajstić information content (AvgIpc) is 2.49. The van der Waals surface area contributed by atoms with Crippen molar-refractivity contribution in [2.24, 2.45) is 0 Å². The van der Waals surface area contributed by atoms with Gasteiger partial charge in [0.05, 0.1) is 6.61 Å². The van der Waals surface area contributed by atoms with Crippen molar-refractivity contribution in [2.45, 2.75) is 0 Å². The zero-order valence-electron chi connectivity index (χ0n) is 11.4. The SMILES string of the molecule is O=P(COCCCl)(Oc1ccccc1)Oc1ccccc1. The van der Waals surface area contributed by atoms with Crippen molar-refractivity contribution in [2.75, 3.05) is 18.8 Å². The fraction of sp³-hybridized carbons (Fsp3) is 0.200. The Balaban J connectivity index is 2.11. The summed E-state index contributed by atoms with van der Waals surface area (Å²) in [5.74, 6) is 1.24. The van der Waals surface area contributed by atoms with Gasteiger partial charge in [0.25, 0.3) is 0 Å². The van der Waals surface area contributed by atoms with Gasteiger partial charge >= 0.3 is 7.60 Å². The Morgan fingerprint density at radius 2 is 1.33 bits per heavy atom. The van der Waals surface area contributed by atoms with E-state index < -0.39 is 7.60 Å². The molecular weight excluding hydrogens is 311 g/mol. The molecule has 0 aliphatic carbocycles. The van der Waals surface area contributed by atoms with E-state index in [0.717, 1.165) is 0 Å². The maximum absolute atomic E-state index is 12.8. The summed E-state index contributed by atoms with van der Waals surface area (Å²) in [5.41, 5.74) is 0. The quantitative estimate of drug-likeness (QED) is 0.405. The van der Waals surface area contributed by atoms with Crippen LogP contribution in [0.1, 0.15) is 0 Å². The number of para-hydroxylation sites is 2. The van der Waals surface area contributed by atoms with Crippen molar-refractivity contribution in [3.8, 4) is 11.5 Å². The summed E-state index contributed by atoms with van der Waals surface area (Å²) in [7, 11) is -3.47. The summed E-state index contributed by atoms with van der Waals surface area (Å²) in [6, 6.07) is 17.7. The van der Waals surface area contributed by atoms with Crippen molar-refractivity contribution in [3.63, 3.8) is 0 Å². The predicted octanol–water partition coefficient (Wildman–Crippen LogP) is 4.55.